The number of carbonyl (C=O) groups excluding carboxylic acids is 1. The fourth-order valence-electron chi connectivity index (χ4n) is 1.75. The number of esters is 1. The van der Waals surface area contributed by atoms with Gasteiger partial charge in [-0.2, -0.15) is 0 Å². The summed E-state index contributed by atoms with van der Waals surface area (Å²) in [6.07, 6.45) is 1.88. The summed E-state index contributed by atoms with van der Waals surface area (Å²) >= 11 is 5.89. The van der Waals surface area contributed by atoms with E-state index in [1.807, 2.05) is 6.92 Å². The zero-order valence-corrected chi connectivity index (χ0v) is 9.88. The smallest absolute Gasteiger partial charge is 0.328 e. The van der Waals surface area contributed by atoms with Crippen LogP contribution in [0.2, 0.25) is 5.02 Å². The first-order valence-electron chi connectivity index (χ1n) is 5.38. The second-order valence-electron chi connectivity index (χ2n) is 3.98. The molecule has 1 unspecified atom stereocenters. The van der Waals surface area contributed by atoms with Crippen LogP contribution in [0.4, 0.5) is 0 Å². The molecule has 16 heavy (non-hydrogen) atoms. The van der Waals surface area contributed by atoms with Crippen molar-refractivity contribution < 1.29 is 9.53 Å². The van der Waals surface area contributed by atoms with Gasteiger partial charge in [0, 0.05) is 5.02 Å². The summed E-state index contributed by atoms with van der Waals surface area (Å²) in [7, 11) is 0. The van der Waals surface area contributed by atoms with E-state index in [9.17, 15) is 4.79 Å². The molecule has 0 aromatic heterocycles. The Morgan fingerprint density at radius 2 is 2.38 bits per heavy atom. The lowest BCUT2D eigenvalue weighted by molar-refractivity contribution is -0.136. The first kappa shape index (κ1) is 11.4. The molecule has 0 spiro atoms. The van der Waals surface area contributed by atoms with E-state index in [0.29, 0.717) is 10.8 Å². The third kappa shape index (κ3) is 2.54. The summed E-state index contributed by atoms with van der Waals surface area (Å²) < 4.78 is 5.27. The number of rotatable bonds is 2. The highest BCUT2D eigenvalue weighted by atomic mass is 35.5. The van der Waals surface area contributed by atoms with Crippen LogP contribution in [0.3, 0.4) is 0 Å². The van der Waals surface area contributed by atoms with Gasteiger partial charge in [0.1, 0.15) is 11.8 Å². The molecule has 1 aliphatic heterocycles. The lowest BCUT2D eigenvalue weighted by Gasteiger charge is -2.10. The molecule has 4 heteroatoms. The zero-order valence-electron chi connectivity index (χ0n) is 9.13. The number of aryl methyl sites for hydroxylation is 1. The van der Waals surface area contributed by atoms with Crippen LogP contribution in [0.5, 0.6) is 5.75 Å². The molecular formula is C12H14ClNO2. The van der Waals surface area contributed by atoms with Crippen LogP contribution in [-0.4, -0.2) is 18.6 Å². The standard InChI is InChI=1S/C12H14ClNO2/c1-8-7-9(4-5-10(8)13)16-12(15)11-3-2-6-14-11/h4-5,7,11,14H,2-3,6H2,1H3. The molecule has 1 fully saturated rings. The van der Waals surface area contributed by atoms with Crippen LogP contribution in [0, 0.1) is 6.92 Å². The maximum absolute atomic E-state index is 11.7. The zero-order chi connectivity index (χ0) is 11.5. The van der Waals surface area contributed by atoms with Crippen LogP contribution in [-0.2, 0) is 4.79 Å². The van der Waals surface area contributed by atoms with Gasteiger partial charge < -0.3 is 10.1 Å². The second-order valence-corrected chi connectivity index (χ2v) is 4.39. The Morgan fingerprint density at radius 1 is 1.56 bits per heavy atom. The molecule has 1 heterocycles. The number of nitrogens with one attached hydrogen (secondary N) is 1. The molecule has 1 atom stereocenters. The predicted octanol–water partition coefficient (Wildman–Crippen LogP) is 2.31. The van der Waals surface area contributed by atoms with Crippen LogP contribution in [0.25, 0.3) is 0 Å². The number of halogens is 1. The minimum absolute atomic E-state index is 0.156. The molecule has 1 aromatic rings. The molecular weight excluding hydrogens is 226 g/mol. The summed E-state index contributed by atoms with van der Waals surface area (Å²) in [6, 6.07) is 5.06. The van der Waals surface area contributed by atoms with Crippen molar-refractivity contribution in [3.05, 3.63) is 28.8 Å². The Kier molecular flexibility index (Phi) is 3.46. The SMILES string of the molecule is Cc1cc(OC(=O)C2CCCN2)ccc1Cl. The van der Waals surface area contributed by atoms with Gasteiger partial charge in [0.05, 0.1) is 0 Å². The van der Waals surface area contributed by atoms with Gasteiger partial charge in [0.2, 0.25) is 0 Å². The lowest BCUT2D eigenvalue weighted by atomic mass is 10.2. The quantitative estimate of drug-likeness (QED) is 0.636. The predicted molar refractivity (Wildman–Crippen MR) is 62.8 cm³/mol. The maximum atomic E-state index is 11.7. The van der Waals surface area contributed by atoms with Gasteiger partial charge in [0.25, 0.3) is 0 Å². The normalized spacial score (nSPS) is 19.8. The summed E-state index contributed by atoms with van der Waals surface area (Å²) in [6.45, 7) is 2.77. The van der Waals surface area contributed by atoms with Gasteiger partial charge in [-0.1, -0.05) is 11.6 Å². The molecule has 0 bridgehead atoms. The van der Waals surface area contributed by atoms with Crippen LogP contribution in [0.1, 0.15) is 18.4 Å². The van der Waals surface area contributed by atoms with E-state index in [1.54, 1.807) is 18.2 Å². The second kappa shape index (κ2) is 4.85. The van der Waals surface area contributed by atoms with Crippen molar-refractivity contribution in [3.8, 4) is 5.75 Å². The summed E-state index contributed by atoms with van der Waals surface area (Å²) in [5, 5.41) is 3.78. The Morgan fingerprint density at radius 3 is 3.00 bits per heavy atom. The summed E-state index contributed by atoms with van der Waals surface area (Å²) in [4.78, 5) is 11.7. The van der Waals surface area contributed by atoms with Gasteiger partial charge >= 0.3 is 5.97 Å². The van der Waals surface area contributed by atoms with Gasteiger partial charge in [-0.05, 0) is 50.1 Å². The van der Waals surface area contributed by atoms with Gasteiger partial charge in [-0.3, -0.25) is 0 Å². The Labute approximate surface area is 99.7 Å². The van der Waals surface area contributed by atoms with Crippen LogP contribution in [0.15, 0.2) is 18.2 Å². The molecule has 1 saturated heterocycles. The Balaban J connectivity index is 2.02. The number of benzene rings is 1. The van der Waals surface area contributed by atoms with Gasteiger partial charge in [-0.25, -0.2) is 4.79 Å². The first-order valence-corrected chi connectivity index (χ1v) is 5.76. The molecule has 1 aromatic carbocycles. The lowest BCUT2D eigenvalue weighted by Crippen LogP contribution is -2.34. The average molecular weight is 240 g/mol. The third-order valence-corrected chi connectivity index (χ3v) is 3.12. The van der Waals surface area contributed by atoms with Crippen molar-refractivity contribution in [2.75, 3.05) is 6.54 Å². The van der Waals surface area contributed by atoms with Crippen LogP contribution >= 0.6 is 11.6 Å². The number of hydrogen-bond acceptors (Lipinski definition) is 3. The maximum Gasteiger partial charge on any atom is 0.328 e. The fraction of sp³-hybridized carbons (Fsp3) is 0.417. The van der Waals surface area contributed by atoms with E-state index >= 15 is 0 Å². The molecule has 3 nitrogen and oxygen atoms in total. The van der Waals surface area contributed by atoms with E-state index in [0.717, 1.165) is 24.9 Å². The molecule has 1 N–H and O–H groups in total. The topological polar surface area (TPSA) is 38.3 Å². The third-order valence-electron chi connectivity index (χ3n) is 2.69. The molecule has 1 aliphatic rings. The minimum atomic E-state index is -0.209. The van der Waals surface area contributed by atoms with Crippen molar-refractivity contribution in [1.82, 2.24) is 5.32 Å². The Hall–Kier alpha value is -1.06. The number of hydrogen-bond donors (Lipinski definition) is 1. The van der Waals surface area contributed by atoms with Crippen LogP contribution < -0.4 is 10.1 Å². The van der Waals surface area contributed by atoms with E-state index in [4.69, 9.17) is 16.3 Å². The monoisotopic (exact) mass is 239 g/mol. The number of carbonyl (C=O) groups is 1. The van der Waals surface area contributed by atoms with Crippen molar-refractivity contribution in [2.45, 2.75) is 25.8 Å². The highest BCUT2D eigenvalue weighted by Gasteiger charge is 2.23. The Bertz CT molecular complexity index is 400. The minimum Gasteiger partial charge on any atom is -0.425 e. The van der Waals surface area contributed by atoms with E-state index in [2.05, 4.69) is 5.32 Å². The largest absolute Gasteiger partial charge is 0.425 e. The fourth-order valence-corrected chi connectivity index (χ4v) is 1.87. The molecule has 0 amide bonds. The number of ether oxygens (including phenoxy) is 1. The highest BCUT2D eigenvalue weighted by molar-refractivity contribution is 6.31. The van der Waals surface area contributed by atoms with Crippen molar-refractivity contribution in [2.24, 2.45) is 0 Å². The van der Waals surface area contributed by atoms with E-state index < -0.39 is 0 Å². The van der Waals surface area contributed by atoms with Gasteiger partial charge in [0.15, 0.2) is 0 Å². The molecule has 86 valence electrons. The summed E-state index contributed by atoms with van der Waals surface area (Å²) in [5.41, 5.74) is 0.909. The first-order chi connectivity index (χ1) is 7.66. The summed E-state index contributed by atoms with van der Waals surface area (Å²) in [5.74, 6) is 0.347. The molecule has 2 rings (SSSR count). The molecule has 0 saturated carbocycles. The van der Waals surface area contributed by atoms with Crippen molar-refractivity contribution in [1.29, 1.82) is 0 Å². The van der Waals surface area contributed by atoms with Crippen molar-refractivity contribution >= 4 is 17.6 Å². The van der Waals surface area contributed by atoms with Crippen molar-refractivity contribution in [3.63, 3.8) is 0 Å². The average Bonchev–Trinajstić information content (AvgIpc) is 2.77. The van der Waals surface area contributed by atoms with Gasteiger partial charge in [-0.15, -0.1) is 0 Å². The van der Waals surface area contributed by atoms with E-state index in [1.165, 1.54) is 0 Å². The van der Waals surface area contributed by atoms with E-state index in [-0.39, 0.29) is 12.0 Å². The molecule has 0 radical (unpaired) electrons. The molecule has 0 aliphatic carbocycles. The highest BCUT2D eigenvalue weighted by Crippen LogP contribution is 2.21.